The van der Waals surface area contributed by atoms with Crippen LogP contribution in [0.3, 0.4) is 0 Å². The SMILES string of the molecule is c1ccc2c(c1)CC(N1CCNCC1)(N1CCCc3ccccc31)N2. The maximum Gasteiger partial charge on any atom is 0.173 e. The molecule has 4 nitrogen and oxygen atoms in total. The van der Waals surface area contributed by atoms with Crippen LogP contribution in [-0.2, 0) is 12.8 Å². The van der Waals surface area contributed by atoms with Crippen LogP contribution in [0.15, 0.2) is 48.5 Å². The van der Waals surface area contributed by atoms with Crippen LogP contribution in [0.1, 0.15) is 17.5 Å². The molecule has 130 valence electrons. The maximum absolute atomic E-state index is 3.95. The Morgan fingerprint density at radius 3 is 2.44 bits per heavy atom. The molecule has 0 radical (unpaired) electrons. The molecule has 3 heterocycles. The van der Waals surface area contributed by atoms with E-state index in [4.69, 9.17) is 0 Å². The molecule has 0 aromatic heterocycles. The molecule has 2 aromatic rings. The molecule has 3 aliphatic heterocycles. The highest BCUT2D eigenvalue weighted by Gasteiger charge is 2.48. The molecule has 0 bridgehead atoms. The van der Waals surface area contributed by atoms with E-state index in [0.29, 0.717) is 0 Å². The first-order valence-electron chi connectivity index (χ1n) is 9.54. The summed E-state index contributed by atoms with van der Waals surface area (Å²) < 4.78 is 0. The summed E-state index contributed by atoms with van der Waals surface area (Å²) >= 11 is 0. The van der Waals surface area contributed by atoms with Crippen LogP contribution >= 0.6 is 0 Å². The normalized spacial score (nSPS) is 26.0. The number of aryl methyl sites for hydroxylation is 1. The molecule has 3 aliphatic rings. The first-order chi connectivity index (χ1) is 12.4. The van der Waals surface area contributed by atoms with E-state index in [-0.39, 0.29) is 5.79 Å². The van der Waals surface area contributed by atoms with Gasteiger partial charge in [0, 0.05) is 50.5 Å². The topological polar surface area (TPSA) is 30.5 Å². The van der Waals surface area contributed by atoms with Crippen LogP contribution in [0.4, 0.5) is 11.4 Å². The number of nitrogens with one attached hydrogen (secondary N) is 2. The summed E-state index contributed by atoms with van der Waals surface area (Å²) in [6.07, 6.45) is 3.46. The lowest BCUT2D eigenvalue weighted by atomic mass is 9.98. The summed E-state index contributed by atoms with van der Waals surface area (Å²) in [5, 5.41) is 7.46. The summed E-state index contributed by atoms with van der Waals surface area (Å²) in [5.41, 5.74) is 5.63. The van der Waals surface area contributed by atoms with E-state index in [0.717, 1.165) is 39.1 Å². The fraction of sp³-hybridized carbons (Fsp3) is 0.429. The molecule has 0 aliphatic carbocycles. The molecule has 25 heavy (non-hydrogen) atoms. The highest BCUT2D eigenvalue weighted by atomic mass is 15.5. The van der Waals surface area contributed by atoms with Gasteiger partial charge in [0.25, 0.3) is 0 Å². The smallest absolute Gasteiger partial charge is 0.173 e. The summed E-state index contributed by atoms with van der Waals surface area (Å²) in [7, 11) is 0. The Bertz CT molecular complexity index is 741. The zero-order valence-corrected chi connectivity index (χ0v) is 14.7. The highest BCUT2D eigenvalue weighted by molar-refractivity contribution is 5.65. The molecule has 0 spiro atoms. The van der Waals surface area contributed by atoms with E-state index in [1.54, 1.807) is 0 Å². The quantitative estimate of drug-likeness (QED) is 0.884. The molecule has 0 saturated carbocycles. The second-order valence-corrected chi connectivity index (χ2v) is 7.40. The molecular weight excluding hydrogens is 308 g/mol. The van der Waals surface area contributed by atoms with Gasteiger partial charge in [-0.2, -0.15) is 0 Å². The van der Waals surface area contributed by atoms with Crippen molar-refractivity contribution in [3.8, 4) is 0 Å². The summed E-state index contributed by atoms with van der Waals surface area (Å²) in [4.78, 5) is 5.31. The molecular formula is C21H26N4. The van der Waals surface area contributed by atoms with Crippen LogP contribution in [0, 0.1) is 0 Å². The molecule has 0 amide bonds. The van der Waals surface area contributed by atoms with Crippen molar-refractivity contribution in [1.82, 2.24) is 10.2 Å². The van der Waals surface area contributed by atoms with Crippen LogP contribution < -0.4 is 15.5 Å². The molecule has 1 saturated heterocycles. The largest absolute Gasteiger partial charge is 0.350 e. The van der Waals surface area contributed by atoms with Gasteiger partial charge in [-0.25, -0.2) is 0 Å². The Balaban J connectivity index is 1.60. The van der Waals surface area contributed by atoms with Crippen molar-refractivity contribution in [2.24, 2.45) is 0 Å². The number of anilines is 2. The first-order valence-corrected chi connectivity index (χ1v) is 9.54. The van der Waals surface area contributed by atoms with Crippen LogP contribution in [0.25, 0.3) is 0 Å². The molecule has 5 rings (SSSR count). The van der Waals surface area contributed by atoms with Gasteiger partial charge in [-0.3, -0.25) is 4.90 Å². The van der Waals surface area contributed by atoms with Gasteiger partial charge in [0.2, 0.25) is 0 Å². The average Bonchev–Trinajstić information content (AvgIpc) is 3.09. The second kappa shape index (κ2) is 6.04. The number of hydrogen-bond donors (Lipinski definition) is 2. The molecule has 4 heteroatoms. The zero-order valence-electron chi connectivity index (χ0n) is 14.7. The molecule has 1 fully saturated rings. The van der Waals surface area contributed by atoms with E-state index < -0.39 is 0 Å². The van der Waals surface area contributed by atoms with Crippen molar-refractivity contribution in [2.45, 2.75) is 25.0 Å². The van der Waals surface area contributed by atoms with Crippen molar-refractivity contribution in [3.63, 3.8) is 0 Å². The van der Waals surface area contributed by atoms with Gasteiger partial charge in [0.1, 0.15) is 0 Å². The van der Waals surface area contributed by atoms with Crippen molar-refractivity contribution < 1.29 is 0 Å². The van der Waals surface area contributed by atoms with Crippen LogP contribution in [0.5, 0.6) is 0 Å². The van der Waals surface area contributed by atoms with E-state index in [1.165, 1.54) is 35.3 Å². The third kappa shape index (κ3) is 2.43. The van der Waals surface area contributed by atoms with Crippen LogP contribution in [-0.4, -0.2) is 43.4 Å². The number of para-hydroxylation sites is 2. The number of benzene rings is 2. The molecule has 1 unspecified atom stereocenters. The molecule has 2 N–H and O–H groups in total. The number of nitrogens with zero attached hydrogens (tertiary/aromatic N) is 2. The summed E-state index contributed by atoms with van der Waals surface area (Å²) in [6, 6.07) is 17.8. The van der Waals surface area contributed by atoms with Gasteiger partial charge in [-0.1, -0.05) is 36.4 Å². The Labute approximate surface area is 149 Å². The molecule has 2 aromatic carbocycles. The predicted octanol–water partition coefficient (Wildman–Crippen LogP) is 2.67. The Morgan fingerprint density at radius 2 is 1.60 bits per heavy atom. The number of piperazine rings is 1. The average molecular weight is 334 g/mol. The van der Waals surface area contributed by atoms with E-state index in [9.17, 15) is 0 Å². The number of hydrogen-bond acceptors (Lipinski definition) is 4. The Kier molecular flexibility index (Phi) is 3.68. The Hall–Kier alpha value is -2.04. The minimum absolute atomic E-state index is 0.137. The highest BCUT2D eigenvalue weighted by Crippen LogP contribution is 2.42. The van der Waals surface area contributed by atoms with Crippen molar-refractivity contribution in [1.29, 1.82) is 0 Å². The fourth-order valence-electron chi connectivity index (χ4n) is 4.80. The summed E-state index contributed by atoms with van der Waals surface area (Å²) in [5.74, 6) is -0.137. The van der Waals surface area contributed by atoms with E-state index in [1.807, 2.05) is 0 Å². The van der Waals surface area contributed by atoms with Crippen LogP contribution in [0.2, 0.25) is 0 Å². The second-order valence-electron chi connectivity index (χ2n) is 7.40. The number of fused-ring (bicyclic) bond motifs is 2. The lowest BCUT2D eigenvalue weighted by Crippen LogP contribution is -2.69. The Morgan fingerprint density at radius 1 is 0.840 bits per heavy atom. The van der Waals surface area contributed by atoms with Gasteiger partial charge in [0.05, 0.1) is 0 Å². The van der Waals surface area contributed by atoms with Gasteiger partial charge >= 0.3 is 0 Å². The standard InChI is InChI=1S/C21H26N4/c1-3-9-19-18(7-1)16-21(23-19,24-14-11-22-12-15-24)25-13-5-8-17-6-2-4-10-20(17)25/h1-4,6-7,9-10,22-23H,5,8,11-16H2. The van der Waals surface area contributed by atoms with Crippen molar-refractivity contribution in [3.05, 3.63) is 59.7 Å². The third-order valence-electron chi connectivity index (χ3n) is 5.99. The minimum atomic E-state index is -0.137. The van der Waals surface area contributed by atoms with Gasteiger partial charge in [0.15, 0.2) is 5.79 Å². The first kappa shape index (κ1) is 15.2. The third-order valence-corrected chi connectivity index (χ3v) is 5.99. The predicted molar refractivity (Wildman–Crippen MR) is 103 cm³/mol. The molecule has 1 atom stereocenters. The van der Waals surface area contributed by atoms with E-state index >= 15 is 0 Å². The lowest BCUT2D eigenvalue weighted by molar-refractivity contribution is 0.0956. The monoisotopic (exact) mass is 334 g/mol. The summed E-state index contributed by atoms with van der Waals surface area (Å²) in [6.45, 7) is 5.41. The van der Waals surface area contributed by atoms with E-state index in [2.05, 4.69) is 69.0 Å². The van der Waals surface area contributed by atoms with Gasteiger partial charge < -0.3 is 15.5 Å². The van der Waals surface area contributed by atoms with Crippen molar-refractivity contribution in [2.75, 3.05) is 42.9 Å². The maximum atomic E-state index is 3.95. The zero-order chi connectivity index (χ0) is 16.7. The minimum Gasteiger partial charge on any atom is -0.350 e. The van der Waals surface area contributed by atoms with Gasteiger partial charge in [-0.15, -0.1) is 0 Å². The fourth-order valence-corrected chi connectivity index (χ4v) is 4.80. The van der Waals surface area contributed by atoms with Crippen molar-refractivity contribution >= 4 is 11.4 Å². The number of rotatable bonds is 2. The van der Waals surface area contributed by atoms with Gasteiger partial charge in [-0.05, 0) is 36.1 Å². The lowest BCUT2D eigenvalue weighted by Gasteiger charge is -2.53.